The molecule has 0 spiro atoms. The summed E-state index contributed by atoms with van der Waals surface area (Å²) < 4.78 is 0. The van der Waals surface area contributed by atoms with Gasteiger partial charge in [-0.1, -0.05) is 39.0 Å². The Labute approximate surface area is 88.7 Å². The Morgan fingerprint density at radius 3 is 2.36 bits per heavy atom. The third-order valence-electron chi connectivity index (χ3n) is 4.19. The first kappa shape index (κ1) is 10.5. The number of hydrogen-bond donors (Lipinski definition) is 1. The first-order valence-electron chi connectivity index (χ1n) is 6.64. The first-order chi connectivity index (χ1) is 6.88. The minimum Gasteiger partial charge on any atom is -0.311 e. The van der Waals surface area contributed by atoms with E-state index in [1.54, 1.807) is 0 Å². The van der Waals surface area contributed by atoms with Crippen LogP contribution in [0, 0.1) is 5.92 Å². The highest BCUT2D eigenvalue weighted by Crippen LogP contribution is 2.28. The van der Waals surface area contributed by atoms with Gasteiger partial charge >= 0.3 is 0 Å². The van der Waals surface area contributed by atoms with Crippen LogP contribution in [0.4, 0.5) is 0 Å². The van der Waals surface area contributed by atoms with Gasteiger partial charge < -0.3 is 5.32 Å². The van der Waals surface area contributed by atoms with E-state index < -0.39 is 0 Å². The Morgan fingerprint density at radius 1 is 0.929 bits per heavy atom. The van der Waals surface area contributed by atoms with Crippen LogP contribution in [0.3, 0.4) is 0 Å². The van der Waals surface area contributed by atoms with E-state index >= 15 is 0 Å². The Balaban J connectivity index is 1.73. The van der Waals surface area contributed by atoms with Gasteiger partial charge in [0.25, 0.3) is 0 Å². The Kier molecular flexibility index (Phi) is 3.86. The van der Waals surface area contributed by atoms with E-state index in [1.807, 2.05) is 0 Å². The molecule has 2 rings (SSSR count). The van der Waals surface area contributed by atoms with Crippen molar-refractivity contribution in [3.63, 3.8) is 0 Å². The van der Waals surface area contributed by atoms with Crippen LogP contribution in [0.5, 0.6) is 0 Å². The van der Waals surface area contributed by atoms with Crippen LogP contribution in [0.15, 0.2) is 0 Å². The van der Waals surface area contributed by atoms with Gasteiger partial charge in [-0.2, -0.15) is 0 Å². The lowest BCUT2D eigenvalue weighted by molar-refractivity contribution is 0.262. The lowest BCUT2D eigenvalue weighted by atomic mass is 9.84. The van der Waals surface area contributed by atoms with Gasteiger partial charge in [-0.25, -0.2) is 0 Å². The average molecular weight is 195 g/mol. The maximum atomic E-state index is 3.88. The molecule has 2 fully saturated rings. The van der Waals surface area contributed by atoms with Gasteiger partial charge in [-0.3, -0.25) is 0 Å². The van der Waals surface area contributed by atoms with Crippen molar-refractivity contribution in [2.24, 2.45) is 5.92 Å². The molecule has 0 saturated heterocycles. The summed E-state index contributed by atoms with van der Waals surface area (Å²) in [6.45, 7) is 2.35. The van der Waals surface area contributed by atoms with Gasteiger partial charge in [0.15, 0.2) is 0 Å². The zero-order chi connectivity index (χ0) is 9.80. The molecule has 14 heavy (non-hydrogen) atoms. The van der Waals surface area contributed by atoms with E-state index in [9.17, 15) is 0 Å². The smallest absolute Gasteiger partial charge is 0.00722 e. The molecule has 2 saturated carbocycles. The largest absolute Gasteiger partial charge is 0.311 e. The molecule has 0 radical (unpaired) electrons. The fourth-order valence-corrected chi connectivity index (χ4v) is 3.24. The zero-order valence-electron chi connectivity index (χ0n) is 9.60. The van der Waals surface area contributed by atoms with E-state index in [4.69, 9.17) is 0 Å². The van der Waals surface area contributed by atoms with Gasteiger partial charge in [0, 0.05) is 12.1 Å². The predicted octanol–water partition coefficient (Wildman–Crippen LogP) is 3.49. The van der Waals surface area contributed by atoms with Gasteiger partial charge in [-0.15, -0.1) is 0 Å². The topological polar surface area (TPSA) is 12.0 Å². The highest BCUT2D eigenvalue weighted by molar-refractivity contribution is 4.82. The summed E-state index contributed by atoms with van der Waals surface area (Å²) in [5.41, 5.74) is 0. The average Bonchev–Trinajstić information content (AvgIpc) is 2.71. The lowest BCUT2D eigenvalue weighted by Crippen LogP contribution is -2.39. The fraction of sp³-hybridized carbons (Fsp3) is 1.00. The molecule has 0 heterocycles. The maximum Gasteiger partial charge on any atom is 0.00722 e. The third kappa shape index (κ3) is 2.73. The van der Waals surface area contributed by atoms with Crippen molar-refractivity contribution < 1.29 is 0 Å². The van der Waals surface area contributed by atoms with Gasteiger partial charge in [0.1, 0.15) is 0 Å². The number of rotatable bonds is 3. The molecule has 0 amide bonds. The maximum absolute atomic E-state index is 3.88. The van der Waals surface area contributed by atoms with Gasteiger partial charge in [0.2, 0.25) is 0 Å². The first-order valence-corrected chi connectivity index (χ1v) is 6.64. The summed E-state index contributed by atoms with van der Waals surface area (Å²) in [4.78, 5) is 0. The van der Waals surface area contributed by atoms with Crippen LogP contribution in [0.1, 0.15) is 64.7 Å². The number of nitrogens with one attached hydrogen (secondary N) is 1. The van der Waals surface area contributed by atoms with Crippen LogP contribution in [-0.2, 0) is 0 Å². The molecule has 0 bridgehead atoms. The molecular weight excluding hydrogens is 170 g/mol. The lowest BCUT2D eigenvalue weighted by Gasteiger charge is -2.31. The van der Waals surface area contributed by atoms with E-state index in [0.717, 1.165) is 18.0 Å². The van der Waals surface area contributed by atoms with E-state index in [2.05, 4.69) is 12.2 Å². The van der Waals surface area contributed by atoms with E-state index in [0.29, 0.717) is 0 Å². The molecule has 2 unspecified atom stereocenters. The standard InChI is InChI=1S/C13H25N/c1-2-11-6-5-9-13(10-11)14-12-7-3-4-8-12/h11-14H,2-10H2,1H3. The van der Waals surface area contributed by atoms with Crippen molar-refractivity contribution in [3.05, 3.63) is 0 Å². The summed E-state index contributed by atoms with van der Waals surface area (Å²) in [5.74, 6) is 1.02. The normalized spacial score (nSPS) is 34.9. The minimum absolute atomic E-state index is 0.858. The summed E-state index contributed by atoms with van der Waals surface area (Å²) in [6, 6.07) is 1.73. The van der Waals surface area contributed by atoms with Crippen molar-refractivity contribution in [2.75, 3.05) is 0 Å². The van der Waals surface area contributed by atoms with Crippen molar-refractivity contribution in [3.8, 4) is 0 Å². The van der Waals surface area contributed by atoms with Crippen molar-refractivity contribution in [1.29, 1.82) is 0 Å². The Morgan fingerprint density at radius 2 is 1.64 bits per heavy atom. The van der Waals surface area contributed by atoms with Crippen molar-refractivity contribution in [1.82, 2.24) is 5.32 Å². The Hall–Kier alpha value is -0.0400. The molecule has 1 heteroatoms. The third-order valence-corrected chi connectivity index (χ3v) is 4.19. The van der Waals surface area contributed by atoms with E-state index in [1.165, 1.54) is 57.8 Å². The molecular formula is C13H25N. The van der Waals surface area contributed by atoms with Crippen molar-refractivity contribution >= 4 is 0 Å². The van der Waals surface area contributed by atoms with Crippen LogP contribution in [0.25, 0.3) is 0 Å². The fourth-order valence-electron chi connectivity index (χ4n) is 3.24. The predicted molar refractivity (Wildman–Crippen MR) is 61.4 cm³/mol. The van der Waals surface area contributed by atoms with Crippen LogP contribution in [0.2, 0.25) is 0 Å². The second kappa shape index (κ2) is 5.16. The monoisotopic (exact) mass is 195 g/mol. The molecule has 2 atom stereocenters. The van der Waals surface area contributed by atoms with Gasteiger partial charge in [0.05, 0.1) is 0 Å². The molecule has 2 aliphatic rings. The summed E-state index contributed by atoms with van der Waals surface area (Å²) in [6.07, 6.45) is 13.0. The molecule has 2 aliphatic carbocycles. The van der Waals surface area contributed by atoms with Crippen LogP contribution in [-0.4, -0.2) is 12.1 Å². The molecule has 0 aromatic heterocycles. The summed E-state index contributed by atoms with van der Waals surface area (Å²) >= 11 is 0. The highest BCUT2D eigenvalue weighted by atomic mass is 15.0. The second-order valence-corrected chi connectivity index (χ2v) is 5.29. The van der Waals surface area contributed by atoms with Crippen LogP contribution < -0.4 is 5.32 Å². The highest BCUT2D eigenvalue weighted by Gasteiger charge is 2.24. The van der Waals surface area contributed by atoms with E-state index in [-0.39, 0.29) is 0 Å². The minimum atomic E-state index is 0.858. The quantitative estimate of drug-likeness (QED) is 0.727. The number of hydrogen-bond acceptors (Lipinski definition) is 1. The molecule has 1 N–H and O–H groups in total. The summed E-state index contributed by atoms with van der Waals surface area (Å²) in [7, 11) is 0. The van der Waals surface area contributed by atoms with Crippen LogP contribution >= 0.6 is 0 Å². The SMILES string of the molecule is CCC1CCCC(NC2CCCC2)C1. The van der Waals surface area contributed by atoms with Crippen molar-refractivity contribution in [2.45, 2.75) is 76.8 Å². The molecule has 82 valence electrons. The van der Waals surface area contributed by atoms with Gasteiger partial charge in [-0.05, 0) is 31.6 Å². The summed E-state index contributed by atoms with van der Waals surface area (Å²) in [5, 5.41) is 3.88. The molecule has 0 aromatic rings. The molecule has 0 aromatic carbocycles. The second-order valence-electron chi connectivity index (χ2n) is 5.29. The molecule has 1 nitrogen and oxygen atoms in total. The Bertz CT molecular complexity index is 161. The molecule has 0 aliphatic heterocycles. The zero-order valence-corrected chi connectivity index (χ0v) is 9.60.